The number of rotatable bonds is 15. The molecule has 47 heavy (non-hydrogen) atoms. The van der Waals surface area contributed by atoms with Crippen molar-refractivity contribution in [2.75, 3.05) is 13.2 Å². The molecule has 0 aromatic heterocycles. The Labute approximate surface area is 252 Å². The zero-order chi connectivity index (χ0) is 36.7. The summed E-state index contributed by atoms with van der Waals surface area (Å²) in [5, 5.41) is 27.8. The van der Waals surface area contributed by atoms with Gasteiger partial charge in [0.2, 0.25) is 0 Å². The lowest BCUT2D eigenvalue weighted by atomic mass is 9.87. The minimum absolute atomic E-state index is 0.201. The predicted octanol–water partition coefficient (Wildman–Crippen LogP) is 8.12. The highest BCUT2D eigenvalue weighted by atomic mass is 19.4. The van der Waals surface area contributed by atoms with Gasteiger partial charge in [-0.15, -0.1) is 0 Å². The van der Waals surface area contributed by atoms with Crippen molar-refractivity contribution < 1.29 is 94.7 Å². The summed E-state index contributed by atoms with van der Waals surface area (Å²) in [5.41, 5.74) is 0.285. The molecule has 2 aromatic rings. The Morgan fingerprint density at radius 1 is 0.596 bits per heavy atom. The van der Waals surface area contributed by atoms with Crippen molar-refractivity contribution in [2.45, 2.75) is 73.0 Å². The molecule has 0 aliphatic heterocycles. The Kier molecular flexibility index (Phi) is 11.0. The largest absolute Gasteiger partial charge is 0.508 e. The van der Waals surface area contributed by atoms with Crippen molar-refractivity contribution in [2.24, 2.45) is 0 Å². The zero-order valence-corrected chi connectivity index (χ0v) is 22.8. The van der Waals surface area contributed by atoms with Gasteiger partial charge in [0.1, 0.15) is 24.2 Å². The van der Waals surface area contributed by atoms with Crippen LogP contribution in [0.15, 0.2) is 42.5 Å². The van der Waals surface area contributed by atoms with E-state index in [0.717, 1.165) is 12.1 Å². The lowest BCUT2D eigenvalue weighted by Gasteiger charge is -2.42. The maximum absolute atomic E-state index is 14.4. The van der Waals surface area contributed by atoms with E-state index in [9.17, 15) is 84.9 Å². The molecule has 1 unspecified atom stereocenters. The van der Waals surface area contributed by atoms with Crippen molar-refractivity contribution in [1.82, 2.24) is 0 Å². The lowest BCUT2D eigenvalue weighted by molar-refractivity contribution is -0.461. The van der Waals surface area contributed by atoms with E-state index in [1.54, 1.807) is 0 Å². The number of hydrogen-bond acceptors (Lipinski definition) is 4. The van der Waals surface area contributed by atoms with E-state index in [-0.39, 0.29) is 22.6 Å². The van der Waals surface area contributed by atoms with Gasteiger partial charge in [0, 0.05) is 6.42 Å². The summed E-state index contributed by atoms with van der Waals surface area (Å²) in [6.07, 6.45) is -14.3. The fourth-order valence-corrected chi connectivity index (χ4v) is 3.84. The second kappa shape index (κ2) is 13.0. The number of aromatic hydroxyl groups is 1. The Balaban J connectivity index is 2.42. The smallest absolute Gasteiger partial charge is 0.460 e. The monoisotopic (exact) mass is 720 g/mol. The Hall–Kier alpha value is -3.23. The van der Waals surface area contributed by atoms with Gasteiger partial charge in [-0.25, -0.2) is 0 Å². The maximum Gasteiger partial charge on any atom is 0.460 e. The SMILES string of the molecule is OCC(O)COc1ccc(-c2ccc(O)cc2)cc1CCCC(F)(F)C(F)(F)C(F)(F)C(F)(F)C(F)(F)C(F)(F)C(F)(F)C(F)(F)F. The second-order valence-corrected chi connectivity index (χ2v) is 10.0. The molecule has 21 heteroatoms. The van der Waals surface area contributed by atoms with Gasteiger partial charge in [-0.1, -0.05) is 18.2 Å². The molecular formula is C26H21F17O4. The summed E-state index contributed by atoms with van der Waals surface area (Å²) in [6.45, 7) is -1.51. The van der Waals surface area contributed by atoms with Crippen LogP contribution in [0.1, 0.15) is 18.4 Å². The van der Waals surface area contributed by atoms with Gasteiger partial charge in [-0.05, 0) is 53.8 Å². The number of hydrogen-bond donors (Lipinski definition) is 3. The van der Waals surface area contributed by atoms with Gasteiger partial charge >= 0.3 is 47.6 Å². The van der Waals surface area contributed by atoms with E-state index in [1.165, 1.54) is 30.3 Å². The summed E-state index contributed by atoms with van der Waals surface area (Å²) >= 11 is 0. The van der Waals surface area contributed by atoms with Crippen molar-refractivity contribution >= 4 is 0 Å². The third kappa shape index (κ3) is 7.00. The second-order valence-electron chi connectivity index (χ2n) is 10.0. The number of aliphatic hydroxyl groups excluding tert-OH is 2. The average Bonchev–Trinajstić information content (AvgIpc) is 2.95. The zero-order valence-electron chi connectivity index (χ0n) is 22.8. The molecule has 3 N–H and O–H groups in total. The molecule has 0 bridgehead atoms. The maximum atomic E-state index is 14.4. The molecule has 268 valence electrons. The number of phenolic OH excluding ortho intramolecular Hbond substituents is 1. The normalized spacial score (nSPS) is 15.1. The fourth-order valence-electron chi connectivity index (χ4n) is 3.84. The molecule has 0 aliphatic carbocycles. The number of alkyl halides is 17. The first kappa shape index (κ1) is 39.9. The van der Waals surface area contributed by atoms with Crippen LogP contribution < -0.4 is 4.74 Å². The first-order valence-electron chi connectivity index (χ1n) is 12.6. The summed E-state index contributed by atoms with van der Waals surface area (Å²) in [7, 11) is 0. The molecule has 2 rings (SSSR count). The van der Waals surface area contributed by atoms with Gasteiger partial charge in [-0.2, -0.15) is 74.6 Å². The Morgan fingerprint density at radius 2 is 1.04 bits per heavy atom. The average molecular weight is 720 g/mol. The van der Waals surface area contributed by atoms with Gasteiger partial charge in [0.05, 0.1) is 6.61 Å². The van der Waals surface area contributed by atoms with E-state index in [1.807, 2.05) is 0 Å². The molecule has 0 saturated heterocycles. The van der Waals surface area contributed by atoms with E-state index in [2.05, 4.69) is 0 Å². The highest BCUT2D eigenvalue weighted by Crippen LogP contribution is 2.64. The van der Waals surface area contributed by atoms with Crippen LogP contribution in [0.4, 0.5) is 74.6 Å². The molecule has 0 aliphatic rings. The minimum atomic E-state index is -8.69. The lowest BCUT2D eigenvalue weighted by Crippen LogP contribution is -2.74. The molecule has 0 fully saturated rings. The molecule has 1 atom stereocenters. The molecular weight excluding hydrogens is 699 g/mol. The predicted molar refractivity (Wildman–Crippen MR) is 126 cm³/mol. The quantitative estimate of drug-likeness (QED) is 0.163. The van der Waals surface area contributed by atoms with Crippen LogP contribution >= 0.6 is 0 Å². The van der Waals surface area contributed by atoms with Crippen LogP contribution in [0.5, 0.6) is 11.5 Å². The summed E-state index contributed by atoms with van der Waals surface area (Å²) in [5.74, 6) is -57.3. The summed E-state index contributed by atoms with van der Waals surface area (Å²) in [6, 6.07) is 8.58. The number of halogens is 17. The first-order chi connectivity index (χ1) is 21.0. The van der Waals surface area contributed by atoms with Crippen LogP contribution in [0.3, 0.4) is 0 Å². The Morgan fingerprint density at radius 3 is 1.51 bits per heavy atom. The van der Waals surface area contributed by atoms with Gasteiger partial charge < -0.3 is 20.1 Å². The number of benzene rings is 2. The molecule has 2 aromatic carbocycles. The number of aryl methyl sites for hydroxylation is 1. The van der Waals surface area contributed by atoms with Gasteiger partial charge in [-0.3, -0.25) is 0 Å². The number of phenols is 1. The van der Waals surface area contributed by atoms with Crippen LogP contribution in [0.2, 0.25) is 0 Å². The standard InChI is InChI=1S/C26H21F17O4/c27-19(28,20(29,30)21(31,32)22(33,34)23(35,36)24(37,38)25(39,40)26(41,42)43)9-1-2-15-10-14(13-3-6-16(45)7-4-13)5-8-18(15)47-12-17(46)11-44/h3-8,10,17,44-46H,1-2,9,11-12H2. The molecule has 0 radical (unpaired) electrons. The highest BCUT2D eigenvalue weighted by Gasteiger charge is 2.95. The number of ether oxygens (including phenoxy) is 1. The fraction of sp³-hybridized carbons (Fsp3) is 0.538. The summed E-state index contributed by atoms with van der Waals surface area (Å²) < 4.78 is 235. The van der Waals surface area contributed by atoms with Crippen molar-refractivity contribution in [3.8, 4) is 22.6 Å². The van der Waals surface area contributed by atoms with Crippen molar-refractivity contribution in [1.29, 1.82) is 0 Å². The third-order valence-electron chi connectivity index (χ3n) is 6.63. The van der Waals surface area contributed by atoms with Crippen LogP contribution in [0, 0.1) is 0 Å². The topological polar surface area (TPSA) is 69.9 Å². The van der Waals surface area contributed by atoms with E-state index < -0.39 is 86.2 Å². The van der Waals surface area contributed by atoms with Crippen LogP contribution in [-0.4, -0.2) is 82.3 Å². The van der Waals surface area contributed by atoms with Gasteiger partial charge in [0.25, 0.3) is 0 Å². The third-order valence-corrected chi connectivity index (χ3v) is 6.63. The van der Waals surface area contributed by atoms with Gasteiger partial charge in [0.15, 0.2) is 0 Å². The van der Waals surface area contributed by atoms with Crippen molar-refractivity contribution in [3.05, 3.63) is 48.0 Å². The van der Waals surface area contributed by atoms with Crippen LogP contribution in [-0.2, 0) is 6.42 Å². The molecule has 0 spiro atoms. The minimum Gasteiger partial charge on any atom is -0.508 e. The summed E-state index contributed by atoms with van der Waals surface area (Å²) in [4.78, 5) is 0. The van der Waals surface area contributed by atoms with Crippen molar-refractivity contribution in [3.63, 3.8) is 0 Å². The molecule has 0 saturated carbocycles. The molecule has 0 heterocycles. The van der Waals surface area contributed by atoms with E-state index in [0.29, 0.717) is 5.56 Å². The Bertz CT molecular complexity index is 1360. The molecule has 0 amide bonds. The van der Waals surface area contributed by atoms with E-state index in [4.69, 9.17) is 9.84 Å². The number of aliphatic hydroxyl groups is 2. The van der Waals surface area contributed by atoms with E-state index >= 15 is 0 Å². The highest BCUT2D eigenvalue weighted by molar-refractivity contribution is 5.66. The first-order valence-corrected chi connectivity index (χ1v) is 12.6. The van der Waals surface area contributed by atoms with Crippen LogP contribution in [0.25, 0.3) is 11.1 Å². The molecule has 4 nitrogen and oxygen atoms in total.